The van der Waals surface area contributed by atoms with E-state index in [1.165, 1.54) is 0 Å². The van der Waals surface area contributed by atoms with E-state index >= 15 is 0 Å². The zero-order valence-corrected chi connectivity index (χ0v) is 10.1. The summed E-state index contributed by atoms with van der Waals surface area (Å²) in [7, 11) is 0. The molecule has 0 atom stereocenters. The van der Waals surface area contributed by atoms with Gasteiger partial charge in [-0.15, -0.1) is 11.3 Å². The summed E-state index contributed by atoms with van der Waals surface area (Å²) in [4.78, 5) is 0. The molecule has 1 aromatic heterocycles. The van der Waals surface area contributed by atoms with Crippen LogP contribution >= 0.6 is 27.3 Å². The second-order valence-corrected chi connectivity index (χ2v) is 4.58. The number of halogens is 1. The maximum atomic E-state index is 5.91. The van der Waals surface area contributed by atoms with Gasteiger partial charge in [-0.3, -0.25) is 0 Å². The molecule has 0 saturated carbocycles. The zero-order valence-electron chi connectivity index (χ0n) is 7.71. The lowest BCUT2D eigenvalue weighted by Crippen LogP contribution is -1.94. The van der Waals surface area contributed by atoms with Crippen molar-refractivity contribution >= 4 is 43.0 Å². The molecule has 0 fully saturated rings. The molecule has 1 aromatic carbocycles. The van der Waals surface area contributed by atoms with Gasteiger partial charge < -0.3 is 10.5 Å². The maximum absolute atomic E-state index is 5.91. The van der Waals surface area contributed by atoms with Gasteiger partial charge in [-0.1, -0.05) is 0 Å². The van der Waals surface area contributed by atoms with Crippen molar-refractivity contribution < 1.29 is 4.74 Å². The minimum absolute atomic E-state index is 0.648. The summed E-state index contributed by atoms with van der Waals surface area (Å²) in [5, 5.41) is 3.12. The summed E-state index contributed by atoms with van der Waals surface area (Å²) in [6.45, 7) is 2.61. The number of hydrogen-bond donors (Lipinski definition) is 1. The van der Waals surface area contributed by atoms with Crippen LogP contribution in [0.4, 0.5) is 5.69 Å². The van der Waals surface area contributed by atoms with Crippen molar-refractivity contribution in [2.45, 2.75) is 6.92 Å². The molecule has 0 aliphatic rings. The lowest BCUT2D eigenvalue weighted by Gasteiger charge is -2.08. The van der Waals surface area contributed by atoms with Crippen LogP contribution in [0.5, 0.6) is 5.75 Å². The molecule has 0 spiro atoms. The van der Waals surface area contributed by atoms with Gasteiger partial charge in [0.05, 0.1) is 15.8 Å². The minimum Gasteiger partial charge on any atom is -0.493 e. The topological polar surface area (TPSA) is 35.2 Å². The van der Waals surface area contributed by atoms with Gasteiger partial charge in [0.15, 0.2) is 0 Å². The van der Waals surface area contributed by atoms with Crippen LogP contribution in [0.1, 0.15) is 6.92 Å². The Morgan fingerprint density at radius 1 is 1.57 bits per heavy atom. The fourth-order valence-corrected chi connectivity index (χ4v) is 2.94. The molecule has 2 N–H and O–H groups in total. The Labute approximate surface area is 94.8 Å². The summed E-state index contributed by atoms with van der Waals surface area (Å²) in [5.41, 5.74) is 6.68. The van der Waals surface area contributed by atoms with E-state index in [0.717, 1.165) is 26.0 Å². The fourth-order valence-electron chi connectivity index (χ4n) is 1.36. The molecule has 0 saturated heterocycles. The van der Waals surface area contributed by atoms with E-state index in [2.05, 4.69) is 15.9 Å². The molecular formula is C10H10BrNOS. The summed E-state index contributed by atoms with van der Waals surface area (Å²) in [5.74, 6) is 0.819. The van der Waals surface area contributed by atoms with Gasteiger partial charge in [0, 0.05) is 17.1 Å². The van der Waals surface area contributed by atoms with E-state index in [9.17, 15) is 0 Å². The predicted octanol–water partition coefficient (Wildman–Crippen LogP) is 3.64. The molecule has 74 valence electrons. The second kappa shape index (κ2) is 3.79. The van der Waals surface area contributed by atoms with E-state index in [1.54, 1.807) is 11.3 Å². The first kappa shape index (κ1) is 9.80. The molecule has 14 heavy (non-hydrogen) atoms. The SMILES string of the molecule is CCOc1cc(N)c2ccsc2c1Br. The summed E-state index contributed by atoms with van der Waals surface area (Å²) >= 11 is 5.19. The second-order valence-electron chi connectivity index (χ2n) is 2.87. The van der Waals surface area contributed by atoms with Crippen LogP contribution in [0.15, 0.2) is 22.0 Å². The Morgan fingerprint density at radius 3 is 3.07 bits per heavy atom. The highest BCUT2D eigenvalue weighted by molar-refractivity contribution is 9.10. The standard InChI is InChI=1S/C10H10BrNOS/c1-2-13-8-5-7(12)6-3-4-14-10(6)9(8)11/h3-5H,2,12H2,1H3. The van der Waals surface area contributed by atoms with Crippen molar-refractivity contribution in [2.24, 2.45) is 0 Å². The van der Waals surface area contributed by atoms with Crippen LogP contribution in [-0.2, 0) is 0 Å². The molecule has 2 nitrogen and oxygen atoms in total. The van der Waals surface area contributed by atoms with Crippen molar-refractivity contribution in [1.82, 2.24) is 0 Å². The van der Waals surface area contributed by atoms with E-state index < -0.39 is 0 Å². The van der Waals surface area contributed by atoms with Gasteiger partial charge in [0.2, 0.25) is 0 Å². The minimum atomic E-state index is 0.648. The van der Waals surface area contributed by atoms with Gasteiger partial charge in [-0.05, 0) is 34.3 Å². The molecule has 2 aromatic rings. The predicted molar refractivity (Wildman–Crippen MR) is 65.1 cm³/mol. The highest BCUT2D eigenvalue weighted by Gasteiger charge is 2.10. The van der Waals surface area contributed by atoms with Crippen molar-refractivity contribution in [3.63, 3.8) is 0 Å². The molecule has 0 bridgehead atoms. The molecule has 0 aliphatic carbocycles. The average molecular weight is 272 g/mol. The number of hydrogen-bond acceptors (Lipinski definition) is 3. The summed E-state index contributed by atoms with van der Waals surface area (Å²) < 4.78 is 7.62. The van der Waals surface area contributed by atoms with Gasteiger partial charge in [0.1, 0.15) is 5.75 Å². The van der Waals surface area contributed by atoms with E-state index in [-0.39, 0.29) is 0 Å². The van der Waals surface area contributed by atoms with Gasteiger partial charge >= 0.3 is 0 Å². The van der Waals surface area contributed by atoms with Crippen molar-refractivity contribution in [2.75, 3.05) is 12.3 Å². The number of fused-ring (bicyclic) bond motifs is 1. The first-order chi connectivity index (χ1) is 6.74. The number of nitrogens with two attached hydrogens (primary N) is 1. The Bertz CT molecular complexity index is 466. The quantitative estimate of drug-likeness (QED) is 0.847. The Kier molecular flexibility index (Phi) is 2.65. The third-order valence-electron chi connectivity index (χ3n) is 1.98. The van der Waals surface area contributed by atoms with Crippen LogP contribution in [0.25, 0.3) is 10.1 Å². The average Bonchev–Trinajstić information content (AvgIpc) is 2.63. The van der Waals surface area contributed by atoms with Gasteiger partial charge in [0.25, 0.3) is 0 Å². The fraction of sp³-hybridized carbons (Fsp3) is 0.200. The lowest BCUT2D eigenvalue weighted by molar-refractivity contribution is 0.339. The van der Waals surface area contributed by atoms with Gasteiger partial charge in [-0.2, -0.15) is 0 Å². The van der Waals surface area contributed by atoms with Crippen molar-refractivity contribution in [3.8, 4) is 5.75 Å². The lowest BCUT2D eigenvalue weighted by atomic mass is 10.2. The van der Waals surface area contributed by atoms with E-state index in [4.69, 9.17) is 10.5 Å². The molecule has 0 aliphatic heterocycles. The molecule has 0 amide bonds. The largest absolute Gasteiger partial charge is 0.493 e. The number of nitrogen functional groups attached to an aromatic ring is 1. The molecular weight excluding hydrogens is 262 g/mol. The number of anilines is 1. The molecule has 1 heterocycles. The molecule has 0 unspecified atom stereocenters. The summed E-state index contributed by atoms with van der Waals surface area (Å²) in [6, 6.07) is 3.89. The first-order valence-electron chi connectivity index (χ1n) is 4.32. The Morgan fingerprint density at radius 2 is 2.36 bits per heavy atom. The maximum Gasteiger partial charge on any atom is 0.136 e. The number of ether oxygens (including phenoxy) is 1. The number of benzene rings is 1. The number of rotatable bonds is 2. The Balaban J connectivity index is 2.68. The molecule has 4 heteroatoms. The van der Waals surface area contributed by atoms with Crippen molar-refractivity contribution in [1.29, 1.82) is 0 Å². The molecule has 2 rings (SSSR count). The van der Waals surface area contributed by atoms with Gasteiger partial charge in [-0.25, -0.2) is 0 Å². The van der Waals surface area contributed by atoms with Crippen molar-refractivity contribution in [3.05, 3.63) is 22.0 Å². The first-order valence-corrected chi connectivity index (χ1v) is 5.99. The van der Waals surface area contributed by atoms with Crippen LogP contribution in [0, 0.1) is 0 Å². The Hall–Kier alpha value is -0.740. The number of thiophene rings is 1. The smallest absolute Gasteiger partial charge is 0.136 e. The monoisotopic (exact) mass is 271 g/mol. The van der Waals surface area contributed by atoms with Crippen LogP contribution in [0.3, 0.4) is 0 Å². The van der Waals surface area contributed by atoms with Crippen LogP contribution in [0.2, 0.25) is 0 Å². The third kappa shape index (κ3) is 1.48. The van der Waals surface area contributed by atoms with E-state index in [1.807, 2.05) is 24.4 Å². The zero-order chi connectivity index (χ0) is 10.1. The molecule has 0 radical (unpaired) electrons. The highest BCUT2D eigenvalue weighted by atomic mass is 79.9. The van der Waals surface area contributed by atoms with Crippen LogP contribution in [-0.4, -0.2) is 6.61 Å². The highest BCUT2D eigenvalue weighted by Crippen LogP contribution is 2.39. The van der Waals surface area contributed by atoms with E-state index in [0.29, 0.717) is 6.61 Å². The summed E-state index contributed by atoms with van der Waals surface area (Å²) in [6.07, 6.45) is 0. The third-order valence-corrected chi connectivity index (χ3v) is 3.96. The normalized spacial score (nSPS) is 10.7. The van der Waals surface area contributed by atoms with Crippen LogP contribution < -0.4 is 10.5 Å².